The second-order valence-electron chi connectivity index (χ2n) is 4.39. The summed E-state index contributed by atoms with van der Waals surface area (Å²) >= 11 is 4.74. The van der Waals surface area contributed by atoms with E-state index < -0.39 is 0 Å². The molecule has 0 bridgehead atoms. The van der Waals surface area contributed by atoms with E-state index in [-0.39, 0.29) is 5.95 Å². The van der Waals surface area contributed by atoms with Gasteiger partial charge in [0.05, 0.1) is 0 Å². The molecule has 0 saturated carbocycles. The number of anilines is 2. The van der Waals surface area contributed by atoms with Crippen LogP contribution in [-0.2, 0) is 0 Å². The molecule has 1 aliphatic rings. The summed E-state index contributed by atoms with van der Waals surface area (Å²) in [5, 5.41) is 1.40. The zero-order valence-electron chi connectivity index (χ0n) is 10.7. The molecule has 2 aromatic rings. The van der Waals surface area contributed by atoms with Crippen molar-refractivity contribution in [3.05, 3.63) is 22.8 Å². The summed E-state index contributed by atoms with van der Waals surface area (Å²) in [6.45, 7) is 1.95. The minimum Gasteiger partial charge on any atom is -0.368 e. The zero-order valence-corrected chi connectivity index (χ0v) is 13.1. The van der Waals surface area contributed by atoms with Crippen molar-refractivity contribution in [2.45, 2.75) is 23.0 Å². The number of rotatable bonds is 3. The first-order valence-corrected chi connectivity index (χ1v) is 7.87. The van der Waals surface area contributed by atoms with E-state index >= 15 is 0 Å². The van der Waals surface area contributed by atoms with E-state index in [1.54, 1.807) is 6.20 Å². The van der Waals surface area contributed by atoms with Gasteiger partial charge in [0.15, 0.2) is 0 Å². The summed E-state index contributed by atoms with van der Waals surface area (Å²) in [7, 11) is 0. The van der Waals surface area contributed by atoms with Crippen molar-refractivity contribution in [1.82, 2.24) is 19.9 Å². The quantitative estimate of drug-likeness (QED) is 0.907. The smallest absolute Gasteiger partial charge is 0.231 e. The van der Waals surface area contributed by atoms with E-state index in [1.165, 1.54) is 24.6 Å². The molecule has 0 spiro atoms. The van der Waals surface area contributed by atoms with Gasteiger partial charge in [-0.15, -0.1) is 0 Å². The first-order valence-electron chi connectivity index (χ1n) is 6.26. The Morgan fingerprint density at radius 2 is 1.95 bits per heavy atom. The molecule has 1 saturated heterocycles. The van der Waals surface area contributed by atoms with Crippen LogP contribution in [0, 0.1) is 0 Å². The van der Waals surface area contributed by atoms with E-state index in [9.17, 15) is 0 Å². The minimum absolute atomic E-state index is 0.251. The molecule has 0 radical (unpaired) electrons. The average Bonchev–Trinajstić information content (AvgIpc) is 2.95. The third-order valence-electron chi connectivity index (χ3n) is 2.91. The van der Waals surface area contributed by atoms with Crippen LogP contribution in [0.15, 0.2) is 33.0 Å². The second-order valence-corrected chi connectivity index (χ2v) is 6.29. The van der Waals surface area contributed by atoms with Crippen LogP contribution >= 0.6 is 27.7 Å². The minimum atomic E-state index is 0.251. The lowest BCUT2D eigenvalue weighted by Gasteiger charge is -2.15. The second kappa shape index (κ2) is 5.92. The number of nitrogens with two attached hydrogens (primary N) is 1. The van der Waals surface area contributed by atoms with Crippen LogP contribution in [0.1, 0.15) is 12.8 Å². The van der Waals surface area contributed by atoms with Crippen LogP contribution in [0.25, 0.3) is 0 Å². The third kappa shape index (κ3) is 3.18. The summed E-state index contributed by atoms with van der Waals surface area (Å²) in [6.07, 6.45) is 4.08. The largest absolute Gasteiger partial charge is 0.368 e. The maximum absolute atomic E-state index is 5.77. The molecule has 3 heterocycles. The maximum Gasteiger partial charge on any atom is 0.231 e. The Morgan fingerprint density at radius 3 is 2.65 bits per heavy atom. The van der Waals surface area contributed by atoms with Crippen LogP contribution in [0.4, 0.5) is 11.9 Å². The molecule has 20 heavy (non-hydrogen) atoms. The highest BCUT2D eigenvalue weighted by Gasteiger charge is 2.17. The number of hydrogen-bond acceptors (Lipinski definition) is 7. The molecule has 6 nitrogen and oxygen atoms in total. The van der Waals surface area contributed by atoms with Crippen molar-refractivity contribution in [2.24, 2.45) is 0 Å². The third-order valence-corrected chi connectivity index (χ3v) is 4.19. The van der Waals surface area contributed by atoms with Gasteiger partial charge in [0.2, 0.25) is 17.1 Å². The number of aromatic nitrogens is 4. The van der Waals surface area contributed by atoms with Crippen molar-refractivity contribution in [3.8, 4) is 0 Å². The summed E-state index contributed by atoms with van der Waals surface area (Å²) in [5.74, 6) is 0.913. The van der Waals surface area contributed by atoms with E-state index in [4.69, 9.17) is 5.73 Å². The van der Waals surface area contributed by atoms with Gasteiger partial charge >= 0.3 is 0 Å². The van der Waals surface area contributed by atoms with Crippen molar-refractivity contribution in [1.29, 1.82) is 0 Å². The van der Waals surface area contributed by atoms with Crippen LogP contribution in [0.3, 0.4) is 0 Å². The van der Waals surface area contributed by atoms with Gasteiger partial charge in [0, 0.05) is 23.8 Å². The molecule has 2 aromatic heterocycles. The van der Waals surface area contributed by atoms with Crippen molar-refractivity contribution < 1.29 is 0 Å². The van der Waals surface area contributed by atoms with Crippen LogP contribution in [0.2, 0.25) is 0 Å². The summed E-state index contributed by atoms with van der Waals surface area (Å²) in [5.41, 5.74) is 5.77. The summed E-state index contributed by atoms with van der Waals surface area (Å²) in [4.78, 5) is 19.3. The fourth-order valence-corrected chi connectivity index (χ4v) is 2.91. The van der Waals surface area contributed by atoms with E-state index in [2.05, 4.69) is 40.8 Å². The molecule has 0 aromatic carbocycles. The SMILES string of the molecule is Nc1nc(Sc2ccc(Br)cn2)nc(N2CCCC2)n1. The first kappa shape index (κ1) is 13.6. The Bertz CT molecular complexity index is 599. The first-order chi connectivity index (χ1) is 9.70. The Morgan fingerprint density at radius 1 is 1.15 bits per heavy atom. The number of nitrogen functional groups attached to an aromatic ring is 1. The lowest BCUT2D eigenvalue weighted by atomic mass is 10.4. The molecule has 8 heteroatoms. The van der Waals surface area contributed by atoms with E-state index in [0.717, 1.165) is 22.6 Å². The number of nitrogens with zero attached hydrogens (tertiary/aromatic N) is 5. The molecule has 1 aliphatic heterocycles. The van der Waals surface area contributed by atoms with E-state index in [0.29, 0.717) is 11.1 Å². The fraction of sp³-hybridized carbons (Fsp3) is 0.333. The van der Waals surface area contributed by atoms with Gasteiger partial charge in [-0.2, -0.15) is 15.0 Å². The molecular weight excluding hydrogens is 340 g/mol. The van der Waals surface area contributed by atoms with Gasteiger partial charge in [0.1, 0.15) is 5.03 Å². The molecule has 2 N–H and O–H groups in total. The molecule has 104 valence electrons. The highest BCUT2D eigenvalue weighted by Crippen LogP contribution is 2.26. The molecule has 3 rings (SSSR count). The van der Waals surface area contributed by atoms with Crippen LogP contribution in [-0.4, -0.2) is 33.0 Å². The van der Waals surface area contributed by atoms with Crippen LogP contribution in [0.5, 0.6) is 0 Å². The van der Waals surface area contributed by atoms with Crippen molar-refractivity contribution in [2.75, 3.05) is 23.7 Å². The Kier molecular flexibility index (Phi) is 4.02. The van der Waals surface area contributed by atoms with Crippen LogP contribution < -0.4 is 10.6 Å². The lowest BCUT2D eigenvalue weighted by molar-refractivity contribution is 0.832. The number of halogens is 1. The topological polar surface area (TPSA) is 80.8 Å². The Hall–Kier alpha value is -1.41. The predicted octanol–water partition coefficient (Wildman–Crippen LogP) is 2.36. The lowest BCUT2D eigenvalue weighted by Crippen LogP contribution is -2.21. The molecule has 0 unspecified atom stereocenters. The average molecular weight is 353 g/mol. The Labute approximate surface area is 129 Å². The van der Waals surface area contributed by atoms with Crippen molar-refractivity contribution in [3.63, 3.8) is 0 Å². The maximum atomic E-state index is 5.77. The molecule has 0 amide bonds. The summed E-state index contributed by atoms with van der Waals surface area (Å²) < 4.78 is 0.940. The Balaban J connectivity index is 1.83. The molecule has 1 fully saturated rings. The zero-order chi connectivity index (χ0) is 13.9. The summed E-state index contributed by atoms with van der Waals surface area (Å²) in [6, 6.07) is 3.84. The highest BCUT2D eigenvalue weighted by atomic mass is 79.9. The standard InChI is InChI=1S/C12H13BrN6S/c13-8-3-4-9(15-7-8)20-12-17-10(14)16-11(18-12)19-5-1-2-6-19/h3-4,7H,1-2,5-6H2,(H2,14,16,17,18). The van der Waals surface area contributed by atoms with Gasteiger partial charge in [0.25, 0.3) is 0 Å². The fourth-order valence-electron chi connectivity index (χ4n) is 1.98. The van der Waals surface area contributed by atoms with Gasteiger partial charge < -0.3 is 10.6 Å². The normalized spacial score (nSPS) is 14.8. The number of hydrogen-bond donors (Lipinski definition) is 1. The van der Waals surface area contributed by atoms with Gasteiger partial charge in [-0.1, -0.05) is 0 Å². The number of pyridine rings is 1. The monoisotopic (exact) mass is 352 g/mol. The molecular formula is C12H13BrN6S. The molecule has 0 aliphatic carbocycles. The predicted molar refractivity (Wildman–Crippen MR) is 81.7 cm³/mol. The van der Waals surface area contributed by atoms with Crippen molar-refractivity contribution >= 4 is 39.6 Å². The van der Waals surface area contributed by atoms with E-state index in [1.807, 2.05) is 12.1 Å². The van der Waals surface area contributed by atoms with Gasteiger partial charge in [-0.25, -0.2) is 4.98 Å². The van der Waals surface area contributed by atoms with Gasteiger partial charge in [-0.05, 0) is 52.7 Å². The van der Waals surface area contributed by atoms with Gasteiger partial charge in [-0.3, -0.25) is 0 Å². The highest BCUT2D eigenvalue weighted by molar-refractivity contribution is 9.10. The molecule has 0 atom stereocenters.